The van der Waals surface area contributed by atoms with Gasteiger partial charge >= 0.3 is 0 Å². The van der Waals surface area contributed by atoms with E-state index in [1.165, 1.54) is 6.07 Å². The number of aryl methyl sites for hydroxylation is 1. The molecule has 6 heteroatoms. The summed E-state index contributed by atoms with van der Waals surface area (Å²) < 4.78 is 40.0. The summed E-state index contributed by atoms with van der Waals surface area (Å²) in [5.41, 5.74) is 0.879. The molecule has 0 unspecified atom stereocenters. The Hall–Kier alpha value is -0.950. The summed E-state index contributed by atoms with van der Waals surface area (Å²) in [6.07, 6.45) is 0.354. The zero-order valence-electron chi connectivity index (χ0n) is 12.0. The molecule has 0 radical (unpaired) electrons. The average molecular weight is 300 g/mol. The van der Waals surface area contributed by atoms with Crippen molar-refractivity contribution in [1.82, 2.24) is 0 Å². The lowest BCUT2D eigenvalue weighted by atomic mass is 10.2. The van der Waals surface area contributed by atoms with Gasteiger partial charge in [0, 0.05) is 6.42 Å². The predicted molar refractivity (Wildman–Crippen MR) is 73.8 cm³/mol. The highest BCUT2D eigenvalue weighted by molar-refractivity contribution is 7.86. The van der Waals surface area contributed by atoms with Gasteiger partial charge in [0.05, 0.1) is 24.2 Å². The van der Waals surface area contributed by atoms with E-state index >= 15 is 0 Å². The monoisotopic (exact) mass is 300 g/mol. The second-order valence-corrected chi connectivity index (χ2v) is 6.95. The van der Waals surface area contributed by atoms with Crippen molar-refractivity contribution in [3.05, 3.63) is 29.8 Å². The quantitative estimate of drug-likeness (QED) is 0.780. The minimum Gasteiger partial charge on any atom is -0.348 e. The third-order valence-electron chi connectivity index (χ3n) is 3.02. The van der Waals surface area contributed by atoms with Crippen LogP contribution in [-0.2, 0) is 23.8 Å². The Balaban J connectivity index is 1.88. The first kappa shape index (κ1) is 15.4. The van der Waals surface area contributed by atoms with Gasteiger partial charge in [-0.25, -0.2) is 0 Å². The van der Waals surface area contributed by atoms with Gasteiger partial charge in [0.2, 0.25) is 0 Å². The highest BCUT2D eigenvalue weighted by Gasteiger charge is 2.32. The Kier molecular flexibility index (Phi) is 4.49. The Morgan fingerprint density at radius 3 is 2.75 bits per heavy atom. The van der Waals surface area contributed by atoms with Crippen molar-refractivity contribution in [2.24, 2.45) is 0 Å². The van der Waals surface area contributed by atoms with E-state index < -0.39 is 15.9 Å². The molecule has 0 N–H and O–H groups in total. The van der Waals surface area contributed by atoms with E-state index in [9.17, 15) is 8.42 Å². The second-order valence-electron chi connectivity index (χ2n) is 5.33. The average Bonchev–Trinajstić information content (AvgIpc) is 2.69. The molecule has 0 bridgehead atoms. The minimum atomic E-state index is -3.70. The molecule has 0 amide bonds. The third-order valence-corrected chi connectivity index (χ3v) is 4.33. The topological polar surface area (TPSA) is 61.8 Å². The molecule has 0 aliphatic carbocycles. The smallest absolute Gasteiger partial charge is 0.296 e. The molecule has 1 aliphatic rings. The molecule has 20 heavy (non-hydrogen) atoms. The highest BCUT2D eigenvalue weighted by Crippen LogP contribution is 2.24. The van der Waals surface area contributed by atoms with E-state index in [0.717, 1.165) is 5.56 Å². The van der Waals surface area contributed by atoms with Crippen molar-refractivity contribution in [2.75, 3.05) is 13.2 Å². The van der Waals surface area contributed by atoms with Crippen molar-refractivity contribution in [3.8, 4) is 0 Å². The molecular weight excluding hydrogens is 280 g/mol. The lowest BCUT2D eigenvalue weighted by Crippen LogP contribution is -2.22. The van der Waals surface area contributed by atoms with Crippen LogP contribution in [0.3, 0.4) is 0 Å². The molecule has 0 aromatic heterocycles. The maximum atomic E-state index is 12.0. The van der Waals surface area contributed by atoms with Crippen molar-refractivity contribution in [2.45, 2.75) is 44.0 Å². The summed E-state index contributed by atoms with van der Waals surface area (Å²) in [7, 11) is -3.70. The molecule has 1 aromatic carbocycles. The van der Waals surface area contributed by atoms with Crippen LogP contribution in [0, 0.1) is 6.92 Å². The number of hydrogen-bond donors (Lipinski definition) is 0. The van der Waals surface area contributed by atoms with Gasteiger partial charge < -0.3 is 9.47 Å². The van der Waals surface area contributed by atoms with Crippen LogP contribution < -0.4 is 0 Å². The summed E-state index contributed by atoms with van der Waals surface area (Å²) in [5.74, 6) is -0.597. The van der Waals surface area contributed by atoms with Crippen molar-refractivity contribution >= 4 is 10.1 Å². The van der Waals surface area contributed by atoms with Crippen molar-refractivity contribution < 1.29 is 22.1 Å². The molecule has 1 heterocycles. The van der Waals surface area contributed by atoms with Crippen LogP contribution in [0.15, 0.2) is 29.2 Å². The van der Waals surface area contributed by atoms with Gasteiger partial charge in [-0.3, -0.25) is 4.18 Å². The molecule has 1 aliphatic heterocycles. The number of rotatable bonds is 5. The van der Waals surface area contributed by atoms with Crippen LogP contribution in [0.4, 0.5) is 0 Å². The van der Waals surface area contributed by atoms with Crippen LogP contribution in [0.1, 0.15) is 25.8 Å². The largest absolute Gasteiger partial charge is 0.348 e. The molecule has 5 nitrogen and oxygen atoms in total. The SMILES string of the molecule is Cc1cccc(S(=O)(=O)OCC[C@H]2COC(C)(C)O2)c1. The molecule has 1 saturated heterocycles. The Morgan fingerprint density at radius 1 is 1.40 bits per heavy atom. The Morgan fingerprint density at radius 2 is 2.15 bits per heavy atom. The van der Waals surface area contributed by atoms with Gasteiger partial charge in [-0.1, -0.05) is 12.1 Å². The molecule has 1 fully saturated rings. The zero-order valence-corrected chi connectivity index (χ0v) is 12.8. The summed E-state index contributed by atoms with van der Waals surface area (Å²) in [6.45, 7) is 6.04. The molecule has 112 valence electrons. The summed E-state index contributed by atoms with van der Waals surface area (Å²) in [6, 6.07) is 6.65. The lowest BCUT2D eigenvalue weighted by molar-refractivity contribution is -0.139. The predicted octanol–water partition coefficient (Wildman–Crippen LogP) is 2.24. The van der Waals surface area contributed by atoms with Crippen molar-refractivity contribution in [1.29, 1.82) is 0 Å². The fourth-order valence-corrected chi connectivity index (χ4v) is 3.06. The summed E-state index contributed by atoms with van der Waals surface area (Å²) in [4.78, 5) is 0.182. The Labute approximate surface area is 120 Å². The maximum Gasteiger partial charge on any atom is 0.296 e. The van der Waals surface area contributed by atoms with E-state index in [0.29, 0.717) is 13.0 Å². The van der Waals surface area contributed by atoms with Crippen molar-refractivity contribution in [3.63, 3.8) is 0 Å². The first-order chi connectivity index (χ1) is 9.28. The van der Waals surface area contributed by atoms with Gasteiger partial charge in [0.15, 0.2) is 5.79 Å². The van der Waals surface area contributed by atoms with Crippen LogP contribution in [0.25, 0.3) is 0 Å². The number of hydrogen-bond acceptors (Lipinski definition) is 5. The Bertz CT molecular complexity index is 565. The summed E-state index contributed by atoms with van der Waals surface area (Å²) in [5, 5.41) is 0. The fourth-order valence-electron chi connectivity index (χ4n) is 2.03. The molecule has 0 spiro atoms. The summed E-state index contributed by atoms with van der Waals surface area (Å²) >= 11 is 0. The zero-order chi connectivity index (χ0) is 14.8. The van der Waals surface area contributed by atoms with Gasteiger partial charge in [0.25, 0.3) is 10.1 Å². The number of ether oxygens (including phenoxy) is 2. The maximum absolute atomic E-state index is 12.0. The number of benzene rings is 1. The molecule has 0 saturated carbocycles. The molecule has 1 atom stereocenters. The van der Waals surface area contributed by atoms with Crippen LogP contribution in [0.2, 0.25) is 0 Å². The van der Waals surface area contributed by atoms with E-state index in [-0.39, 0.29) is 17.6 Å². The van der Waals surface area contributed by atoms with Crippen LogP contribution >= 0.6 is 0 Å². The van der Waals surface area contributed by atoms with Gasteiger partial charge in [-0.15, -0.1) is 0 Å². The normalized spacial score (nSPS) is 22.1. The van der Waals surface area contributed by atoms with Gasteiger partial charge in [0.1, 0.15) is 0 Å². The lowest BCUT2D eigenvalue weighted by Gasteiger charge is -2.16. The second kappa shape index (κ2) is 5.81. The first-order valence-corrected chi connectivity index (χ1v) is 7.97. The first-order valence-electron chi connectivity index (χ1n) is 6.56. The highest BCUT2D eigenvalue weighted by atomic mass is 32.2. The molecule has 1 aromatic rings. The van der Waals surface area contributed by atoms with E-state index in [4.69, 9.17) is 13.7 Å². The van der Waals surface area contributed by atoms with Gasteiger partial charge in [-0.2, -0.15) is 8.42 Å². The molecular formula is C14H20O5S. The fraction of sp³-hybridized carbons (Fsp3) is 0.571. The van der Waals surface area contributed by atoms with E-state index in [1.54, 1.807) is 12.1 Å². The van der Waals surface area contributed by atoms with Crippen LogP contribution in [-0.4, -0.2) is 33.5 Å². The van der Waals surface area contributed by atoms with E-state index in [1.807, 2.05) is 26.8 Å². The standard InChI is InChI=1S/C14H20O5S/c1-11-5-4-6-13(9-11)20(15,16)18-8-7-12-10-17-14(2,3)19-12/h4-6,9,12H,7-8,10H2,1-3H3/t12-/m0/s1. The molecule has 2 rings (SSSR count). The van der Waals surface area contributed by atoms with Gasteiger partial charge in [-0.05, 0) is 38.5 Å². The van der Waals surface area contributed by atoms with E-state index in [2.05, 4.69) is 0 Å². The minimum absolute atomic E-state index is 0.0837. The third kappa shape index (κ3) is 4.02. The van der Waals surface area contributed by atoms with Crippen LogP contribution in [0.5, 0.6) is 0 Å².